The number of benzene rings is 1. The van der Waals surface area contributed by atoms with Crippen LogP contribution in [-0.2, 0) is 5.54 Å². The van der Waals surface area contributed by atoms with Gasteiger partial charge in [0.1, 0.15) is 0 Å². The molecule has 1 amide bonds. The zero-order valence-electron chi connectivity index (χ0n) is 9.31. The van der Waals surface area contributed by atoms with Crippen molar-refractivity contribution in [3.63, 3.8) is 0 Å². The lowest BCUT2D eigenvalue weighted by molar-refractivity contribution is 0.108. The topological polar surface area (TPSA) is 52.6 Å². The van der Waals surface area contributed by atoms with Crippen LogP contribution in [0.5, 0.6) is 0 Å². The molecule has 0 aromatic heterocycles. The number of nitrogens with one attached hydrogen (secondary N) is 1. The van der Waals surface area contributed by atoms with Crippen LogP contribution in [0.2, 0.25) is 0 Å². The fourth-order valence-corrected chi connectivity index (χ4v) is 2.15. The van der Waals surface area contributed by atoms with Gasteiger partial charge in [-0.05, 0) is 12.5 Å². The fourth-order valence-electron chi connectivity index (χ4n) is 2.15. The van der Waals surface area contributed by atoms with Gasteiger partial charge in [-0.25, -0.2) is 4.79 Å². The van der Waals surface area contributed by atoms with Crippen LogP contribution < -0.4 is 5.32 Å². The zero-order chi connectivity index (χ0) is 11.6. The fraction of sp³-hybridized carbons (Fsp3) is 0.417. The van der Waals surface area contributed by atoms with Gasteiger partial charge in [-0.1, -0.05) is 30.3 Å². The Balaban J connectivity index is 2.22. The Morgan fingerprint density at radius 1 is 1.44 bits per heavy atom. The van der Waals surface area contributed by atoms with Crippen LogP contribution in [-0.4, -0.2) is 35.7 Å². The number of hydrogen-bond acceptors (Lipinski definition) is 2. The van der Waals surface area contributed by atoms with Crippen LogP contribution in [0.3, 0.4) is 0 Å². The minimum atomic E-state index is -0.844. The van der Waals surface area contributed by atoms with Gasteiger partial charge in [0.25, 0.3) is 0 Å². The van der Waals surface area contributed by atoms with E-state index in [4.69, 9.17) is 5.11 Å². The van der Waals surface area contributed by atoms with Crippen molar-refractivity contribution in [1.29, 1.82) is 0 Å². The molecule has 4 heteroatoms. The molecule has 86 valence electrons. The van der Waals surface area contributed by atoms with Gasteiger partial charge in [-0.15, -0.1) is 0 Å². The van der Waals surface area contributed by atoms with Crippen molar-refractivity contribution >= 4 is 6.09 Å². The van der Waals surface area contributed by atoms with E-state index in [1.165, 1.54) is 4.90 Å². The van der Waals surface area contributed by atoms with Crippen molar-refractivity contribution in [2.24, 2.45) is 0 Å². The summed E-state index contributed by atoms with van der Waals surface area (Å²) in [5, 5.41) is 12.4. The highest BCUT2D eigenvalue weighted by molar-refractivity contribution is 5.65. The average Bonchev–Trinajstić information content (AvgIpc) is 2.30. The SMILES string of the molecule is C[C@@]1(c2ccccc2)CN(C(=O)O)CCN1. The molecule has 0 radical (unpaired) electrons. The van der Waals surface area contributed by atoms with Gasteiger partial charge in [-0.2, -0.15) is 0 Å². The Morgan fingerprint density at radius 2 is 2.12 bits per heavy atom. The predicted octanol–water partition coefficient (Wildman–Crippen LogP) is 1.49. The number of nitrogens with zero attached hydrogens (tertiary/aromatic N) is 1. The molecule has 1 atom stereocenters. The van der Waals surface area contributed by atoms with Gasteiger partial charge in [-0.3, -0.25) is 0 Å². The third-order valence-corrected chi connectivity index (χ3v) is 3.09. The Morgan fingerprint density at radius 3 is 2.75 bits per heavy atom. The van der Waals surface area contributed by atoms with Crippen molar-refractivity contribution in [2.45, 2.75) is 12.5 Å². The number of piperazine rings is 1. The summed E-state index contributed by atoms with van der Waals surface area (Å²) in [6.45, 7) is 3.78. The van der Waals surface area contributed by atoms with Crippen LogP contribution in [0.25, 0.3) is 0 Å². The molecule has 0 spiro atoms. The highest BCUT2D eigenvalue weighted by Gasteiger charge is 2.33. The first-order chi connectivity index (χ1) is 7.62. The predicted molar refractivity (Wildman–Crippen MR) is 61.4 cm³/mol. The zero-order valence-corrected chi connectivity index (χ0v) is 9.31. The first kappa shape index (κ1) is 11.0. The summed E-state index contributed by atoms with van der Waals surface area (Å²) in [6.07, 6.45) is -0.844. The minimum Gasteiger partial charge on any atom is -0.465 e. The molecule has 1 aliphatic rings. The minimum absolute atomic E-state index is 0.280. The maximum absolute atomic E-state index is 11.0. The third-order valence-electron chi connectivity index (χ3n) is 3.09. The van der Waals surface area contributed by atoms with Crippen LogP contribution in [0.15, 0.2) is 30.3 Å². The molecule has 16 heavy (non-hydrogen) atoms. The number of carboxylic acid groups (broad SMARTS) is 1. The second kappa shape index (κ2) is 4.14. The number of hydrogen-bond donors (Lipinski definition) is 2. The molecule has 2 N–H and O–H groups in total. The maximum atomic E-state index is 11.0. The first-order valence-electron chi connectivity index (χ1n) is 5.40. The van der Waals surface area contributed by atoms with Crippen molar-refractivity contribution in [3.8, 4) is 0 Å². The maximum Gasteiger partial charge on any atom is 0.407 e. The van der Waals surface area contributed by atoms with Gasteiger partial charge in [0.2, 0.25) is 0 Å². The van der Waals surface area contributed by atoms with Crippen molar-refractivity contribution in [1.82, 2.24) is 10.2 Å². The van der Waals surface area contributed by atoms with E-state index < -0.39 is 6.09 Å². The molecule has 2 rings (SSSR count). The van der Waals surface area contributed by atoms with E-state index in [0.717, 1.165) is 5.56 Å². The smallest absolute Gasteiger partial charge is 0.407 e. The molecule has 0 unspecified atom stereocenters. The van der Waals surface area contributed by atoms with Crippen molar-refractivity contribution < 1.29 is 9.90 Å². The number of amides is 1. The quantitative estimate of drug-likeness (QED) is 0.753. The largest absolute Gasteiger partial charge is 0.465 e. The normalized spacial score (nSPS) is 25.4. The number of rotatable bonds is 1. The van der Waals surface area contributed by atoms with E-state index in [-0.39, 0.29) is 5.54 Å². The van der Waals surface area contributed by atoms with Gasteiger partial charge >= 0.3 is 6.09 Å². The molecule has 1 aliphatic heterocycles. The molecule has 4 nitrogen and oxygen atoms in total. The molecule has 0 saturated carbocycles. The Bertz CT molecular complexity index is 380. The third kappa shape index (κ3) is 2.02. The van der Waals surface area contributed by atoms with E-state index in [0.29, 0.717) is 19.6 Å². The lowest BCUT2D eigenvalue weighted by Gasteiger charge is -2.40. The summed E-state index contributed by atoms with van der Waals surface area (Å²) in [7, 11) is 0. The lowest BCUT2D eigenvalue weighted by Crippen LogP contribution is -2.57. The number of carbonyl (C=O) groups is 1. The molecule has 1 aromatic carbocycles. The van der Waals surface area contributed by atoms with E-state index in [1.54, 1.807) is 0 Å². The molecule has 0 bridgehead atoms. The van der Waals surface area contributed by atoms with Crippen molar-refractivity contribution in [2.75, 3.05) is 19.6 Å². The standard InChI is InChI=1S/C12H16N2O2/c1-12(10-5-3-2-4-6-10)9-14(11(15)16)8-7-13-12/h2-6,13H,7-9H2,1H3,(H,15,16)/t12-/m0/s1. The van der Waals surface area contributed by atoms with E-state index in [1.807, 2.05) is 37.3 Å². The Kier molecular flexibility index (Phi) is 2.83. The van der Waals surface area contributed by atoms with Gasteiger partial charge in [0.15, 0.2) is 0 Å². The van der Waals surface area contributed by atoms with E-state index in [2.05, 4.69) is 5.32 Å². The lowest BCUT2D eigenvalue weighted by atomic mass is 9.90. The molecule has 1 fully saturated rings. The molecule has 1 saturated heterocycles. The van der Waals surface area contributed by atoms with Gasteiger partial charge in [0.05, 0.1) is 5.54 Å². The second-order valence-corrected chi connectivity index (χ2v) is 4.33. The Labute approximate surface area is 94.9 Å². The van der Waals surface area contributed by atoms with Gasteiger partial charge in [0, 0.05) is 19.6 Å². The molecule has 1 heterocycles. The second-order valence-electron chi connectivity index (χ2n) is 4.33. The van der Waals surface area contributed by atoms with Gasteiger partial charge < -0.3 is 15.3 Å². The van der Waals surface area contributed by atoms with Crippen LogP contribution in [0.1, 0.15) is 12.5 Å². The summed E-state index contributed by atoms with van der Waals surface area (Å²) in [5.41, 5.74) is 0.846. The summed E-state index contributed by atoms with van der Waals surface area (Å²) in [6, 6.07) is 9.96. The molecular formula is C12H16N2O2. The monoisotopic (exact) mass is 220 g/mol. The summed E-state index contributed by atoms with van der Waals surface area (Å²) in [4.78, 5) is 12.4. The molecular weight excluding hydrogens is 204 g/mol. The summed E-state index contributed by atoms with van der Waals surface area (Å²) >= 11 is 0. The average molecular weight is 220 g/mol. The van der Waals surface area contributed by atoms with Crippen LogP contribution in [0.4, 0.5) is 4.79 Å². The molecule has 1 aromatic rings. The van der Waals surface area contributed by atoms with E-state index >= 15 is 0 Å². The Hall–Kier alpha value is -1.55. The van der Waals surface area contributed by atoms with Crippen LogP contribution >= 0.6 is 0 Å². The first-order valence-corrected chi connectivity index (χ1v) is 5.40. The highest BCUT2D eigenvalue weighted by Crippen LogP contribution is 2.24. The highest BCUT2D eigenvalue weighted by atomic mass is 16.4. The summed E-state index contributed by atoms with van der Waals surface area (Å²) in [5.74, 6) is 0. The van der Waals surface area contributed by atoms with E-state index in [9.17, 15) is 4.79 Å². The van der Waals surface area contributed by atoms with Crippen LogP contribution in [0, 0.1) is 0 Å². The summed E-state index contributed by atoms with van der Waals surface area (Å²) < 4.78 is 0. The molecule has 0 aliphatic carbocycles. The van der Waals surface area contributed by atoms with Crippen molar-refractivity contribution in [3.05, 3.63) is 35.9 Å².